The first kappa shape index (κ1) is 22.6. The molecule has 10 heteroatoms. The second-order valence-corrected chi connectivity index (χ2v) is 8.63. The van der Waals surface area contributed by atoms with Crippen LogP contribution in [-0.2, 0) is 14.8 Å². The van der Waals surface area contributed by atoms with Gasteiger partial charge in [0.15, 0.2) is 0 Å². The lowest BCUT2D eigenvalue weighted by Crippen LogP contribution is -2.39. The maximum atomic E-state index is 13.2. The Labute approximate surface area is 185 Å². The Bertz CT molecular complexity index is 1240. The van der Waals surface area contributed by atoms with Crippen LogP contribution in [0, 0.1) is 17.0 Å². The van der Waals surface area contributed by atoms with Crippen LogP contribution in [0.5, 0.6) is 0 Å². The van der Waals surface area contributed by atoms with E-state index in [0.29, 0.717) is 5.69 Å². The van der Waals surface area contributed by atoms with E-state index in [1.54, 1.807) is 48.5 Å². The average Bonchev–Trinajstić information content (AvgIpc) is 2.79. The fourth-order valence-corrected chi connectivity index (χ4v) is 4.29. The number of carbonyl (C=O) groups excluding carboxylic acids is 1. The van der Waals surface area contributed by atoms with Crippen molar-refractivity contribution in [1.29, 1.82) is 0 Å². The molecule has 0 unspecified atom stereocenters. The molecule has 32 heavy (non-hydrogen) atoms. The third-order valence-electron chi connectivity index (χ3n) is 4.47. The van der Waals surface area contributed by atoms with E-state index in [4.69, 9.17) is 0 Å². The number of aryl methyl sites for hydroxylation is 1. The first-order valence-corrected chi connectivity index (χ1v) is 10.9. The van der Waals surface area contributed by atoms with Crippen molar-refractivity contribution in [2.45, 2.75) is 11.8 Å². The van der Waals surface area contributed by atoms with Crippen molar-refractivity contribution >= 4 is 33.5 Å². The van der Waals surface area contributed by atoms with Crippen molar-refractivity contribution in [3.05, 3.63) is 100 Å². The van der Waals surface area contributed by atoms with Crippen LogP contribution in [0.15, 0.2) is 88.9 Å². The summed E-state index contributed by atoms with van der Waals surface area (Å²) in [6, 6.07) is 20.4. The van der Waals surface area contributed by atoms with E-state index < -0.39 is 27.4 Å². The number of nitro benzene ring substituents is 1. The summed E-state index contributed by atoms with van der Waals surface area (Å²) >= 11 is 0. The molecule has 9 nitrogen and oxygen atoms in total. The predicted molar refractivity (Wildman–Crippen MR) is 121 cm³/mol. The molecule has 0 aliphatic rings. The molecule has 1 amide bonds. The van der Waals surface area contributed by atoms with Crippen LogP contribution in [0.1, 0.15) is 11.1 Å². The Balaban J connectivity index is 1.83. The number of anilines is 1. The predicted octanol–water partition coefficient (Wildman–Crippen LogP) is 3.25. The molecule has 0 saturated carbocycles. The number of nitro groups is 1. The number of nitrogens with zero attached hydrogens (tertiary/aromatic N) is 3. The summed E-state index contributed by atoms with van der Waals surface area (Å²) < 4.78 is 27.4. The summed E-state index contributed by atoms with van der Waals surface area (Å²) in [6.07, 6.45) is 1.14. The van der Waals surface area contributed by atoms with Gasteiger partial charge in [0.05, 0.1) is 27.3 Å². The molecule has 0 aliphatic carbocycles. The van der Waals surface area contributed by atoms with Crippen molar-refractivity contribution in [3.8, 4) is 0 Å². The zero-order chi connectivity index (χ0) is 23.1. The highest BCUT2D eigenvalue weighted by Crippen LogP contribution is 2.24. The van der Waals surface area contributed by atoms with Crippen molar-refractivity contribution < 1.29 is 18.1 Å². The minimum absolute atomic E-state index is 0.0387. The van der Waals surface area contributed by atoms with Gasteiger partial charge in [-0.05, 0) is 37.3 Å². The van der Waals surface area contributed by atoms with Crippen molar-refractivity contribution in [2.24, 2.45) is 5.10 Å². The van der Waals surface area contributed by atoms with Gasteiger partial charge in [-0.25, -0.2) is 13.8 Å². The highest BCUT2D eigenvalue weighted by atomic mass is 32.2. The number of carbonyl (C=O) groups is 1. The largest absolute Gasteiger partial charge is 0.278 e. The van der Waals surface area contributed by atoms with E-state index in [1.165, 1.54) is 30.3 Å². The maximum absolute atomic E-state index is 13.2. The smallest absolute Gasteiger partial charge is 0.271 e. The van der Waals surface area contributed by atoms with E-state index >= 15 is 0 Å². The lowest BCUT2D eigenvalue weighted by atomic mass is 10.2. The zero-order valence-corrected chi connectivity index (χ0v) is 17.9. The molecule has 0 aromatic heterocycles. The van der Waals surface area contributed by atoms with Crippen molar-refractivity contribution in [1.82, 2.24) is 5.43 Å². The molecule has 3 aromatic carbocycles. The fourth-order valence-electron chi connectivity index (χ4n) is 2.85. The Morgan fingerprint density at radius 3 is 2.31 bits per heavy atom. The van der Waals surface area contributed by atoms with Crippen molar-refractivity contribution in [3.63, 3.8) is 0 Å². The number of benzene rings is 3. The average molecular weight is 452 g/mol. The van der Waals surface area contributed by atoms with Gasteiger partial charge < -0.3 is 0 Å². The van der Waals surface area contributed by atoms with Crippen LogP contribution in [-0.4, -0.2) is 32.0 Å². The van der Waals surface area contributed by atoms with Crippen LogP contribution in [0.2, 0.25) is 0 Å². The second kappa shape index (κ2) is 9.84. The first-order valence-electron chi connectivity index (χ1n) is 9.49. The highest BCUT2D eigenvalue weighted by molar-refractivity contribution is 7.92. The quantitative estimate of drug-likeness (QED) is 0.319. The van der Waals surface area contributed by atoms with E-state index in [2.05, 4.69) is 10.5 Å². The SMILES string of the molecule is Cc1ccc(N(CC(=O)N/N=C\c2ccccc2[N+](=O)[O-])S(=O)(=O)c2ccccc2)cc1. The van der Waals surface area contributed by atoms with Crippen LogP contribution in [0.25, 0.3) is 0 Å². The highest BCUT2D eigenvalue weighted by Gasteiger charge is 2.27. The van der Waals surface area contributed by atoms with E-state index in [-0.39, 0.29) is 16.1 Å². The molecule has 0 heterocycles. The minimum atomic E-state index is -4.03. The number of nitrogens with one attached hydrogen (secondary N) is 1. The number of hydrogen-bond donors (Lipinski definition) is 1. The maximum Gasteiger partial charge on any atom is 0.278 e. The number of rotatable bonds is 8. The molecular weight excluding hydrogens is 432 g/mol. The first-order chi connectivity index (χ1) is 15.3. The third-order valence-corrected chi connectivity index (χ3v) is 6.25. The third kappa shape index (κ3) is 5.35. The summed E-state index contributed by atoms with van der Waals surface area (Å²) in [5.41, 5.74) is 3.52. The number of sulfonamides is 1. The van der Waals surface area contributed by atoms with Crippen molar-refractivity contribution in [2.75, 3.05) is 10.8 Å². The topological polar surface area (TPSA) is 122 Å². The number of amides is 1. The minimum Gasteiger partial charge on any atom is -0.271 e. The number of hydrazone groups is 1. The molecule has 3 aromatic rings. The fraction of sp³-hybridized carbons (Fsp3) is 0.0909. The van der Waals surface area contributed by atoms with Crippen LogP contribution >= 0.6 is 0 Å². The van der Waals surface area contributed by atoms with Gasteiger partial charge in [-0.1, -0.05) is 48.0 Å². The normalized spacial score (nSPS) is 11.3. The van der Waals surface area contributed by atoms with Gasteiger partial charge in [0.2, 0.25) is 0 Å². The molecular formula is C22H20N4O5S. The second-order valence-electron chi connectivity index (χ2n) is 6.77. The summed E-state index contributed by atoms with van der Waals surface area (Å²) in [5, 5.41) is 14.8. The van der Waals surface area contributed by atoms with Gasteiger partial charge in [0.1, 0.15) is 6.54 Å². The van der Waals surface area contributed by atoms with E-state index in [9.17, 15) is 23.3 Å². The number of para-hydroxylation sites is 1. The lowest BCUT2D eigenvalue weighted by molar-refractivity contribution is -0.385. The molecule has 3 rings (SSSR count). The summed E-state index contributed by atoms with van der Waals surface area (Å²) in [7, 11) is -4.03. The van der Waals surface area contributed by atoms with E-state index in [0.717, 1.165) is 16.1 Å². The molecule has 0 aliphatic heterocycles. The molecule has 0 atom stereocenters. The van der Waals surface area contributed by atoms with E-state index in [1.807, 2.05) is 6.92 Å². The Hall–Kier alpha value is -4.05. The van der Waals surface area contributed by atoms with Crippen LogP contribution in [0.4, 0.5) is 11.4 Å². The molecule has 164 valence electrons. The van der Waals surface area contributed by atoms with Crippen LogP contribution in [0.3, 0.4) is 0 Å². The van der Waals surface area contributed by atoms with Gasteiger partial charge in [0, 0.05) is 6.07 Å². The molecule has 0 spiro atoms. The Morgan fingerprint density at radius 2 is 1.66 bits per heavy atom. The summed E-state index contributed by atoms with van der Waals surface area (Å²) in [4.78, 5) is 23.1. The van der Waals surface area contributed by atoms with Gasteiger partial charge in [-0.2, -0.15) is 5.10 Å². The molecule has 0 bridgehead atoms. The summed E-state index contributed by atoms with van der Waals surface area (Å²) in [5.74, 6) is -0.708. The van der Waals surface area contributed by atoms with Gasteiger partial charge >= 0.3 is 0 Å². The summed E-state index contributed by atoms with van der Waals surface area (Å²) in [6.45, 7) is 1.33. The van der Waals surface area contributed by atoms with Gasteiger partial charge in [-0.15, -0.1) is 0 Å². The Kier molecular flexibility index (Phi) is 6.96. The van der Waals surface area contributed by atoms with Gasteiger partial charge in [0.25, 0.3) is 21.6 Å². The molecule has 1 N–H and O–H groups in total. The lowest BCUT2D eigenvalue weighted by Gasteiger charge is -2.23. The molecule has 0 fully saturated rings. The molecule has 0 saturated heterocycles. The molecule has 0 radical (unpaired) electrons. The Morgan fingerprint density at radius 1 is 1.03 bits per heavy atom. The number of hydrogen-bond acceptors (Lipinski definition) is 6. The van der Waals surface area contributed by atoms with Gasteiger partial charge in [-0.3, -0.25) is 19.2 Å². The standard InChI is InChI=1S/C22H20N4O5S/c1-17-11-13-19(14-12-17)25(32(30,31)20-8-3-2-4-9-20)16-22(27)24-23-15-18-7-5-6-10-21(18)26(28)29/h2-15H,16H2,1H3,(H,24,27)/b23-15-. The monoisotopic (exact) mass is 452 g/mol. The zero-order valence-electron chi connectivity index (χ0n) is 17.1. The van der Waals surface area contributed by atoms with Crippen LogP contribution < -0.4 is 9.73 Å².